The second-order valence-electron chi connectivity index (χ2n) is 4.37. The fourth-order valence-corrected chi connectivity index (χ4v) is 3.65. The number of benzene rings is 1. The van der Waals surface area contributed by atoms with Gasteiger partial charge in [0.05, 0.1) is 10.6 Å². The number of sulfonamides is 1. The molecule has 1 aliphatic rings. The van der Waals surface area contributed by atoms with Crippen molar-refractivity contribution in [1.29, 1.82) is 0 Å². The Morgan fingerprint density at radius 3 is 2.33 bits per heavy atom. The van der Waals surface area contributed by atoms with E-state index in [1.807, 2.05) is 0 Å². The number of nitrogen functional groups attached to an aromatic ring is 1. The SMILES string of the molecule is CS(=O)(=O)c1ccc(N)c(S(=O)(=O)NC2CC2)c1. The molecule has 0 amide bonds. The Bertz CT molecular complexity index is 676. The molecule has 100 valence electrons. The van der Waals surface area contributed by atoms with Crippen molar-refractivity contribution in [3.8, 4) is 0 Å². The third-order valence-electron chi connectivity index (χ3n) is 2.60. The van der Waals surface area contributed by atoms with Crippen molar-refractivity contribution in [2.75, 3.05) is 12.0 Å². The number of anilines is 1. The van der Waals surface area contributed by atoms with Crippen LogP contribution in [0.15, 0.2) is 28.0 Å². The molecule has 0 aromatic heterocycles. The molecule has 0 atom stereocenters. The fraction of sp³-hybridized carbons (Fsp3) is 0.400. The van der Waals surface area contributed by atoms with Crippen LogP contribution in [0.1, 0.15) is 12.8 Å². The Morgan fingerprint density at radius 1 is 1.22 bits per heavy atom. The van der Waals surface area contributed by atoms with Crippen LogP contribution in [-0.4, -0.2) is 29.1 Å². The standard InChI is InChI=1S/C10H14N2O4S2/c1-17(13,14)8-4-5-9(11)10(6-8)18(15,16)12-7-2-3-7/h4-7,12H,2-3,11H2,1H3. The molecule has 0 spiro atoms. The van der Waals surface area contributed by atoms with E-state index in [1.54, 1.807) is 0 Å². The molecule has 0 saturated heterocycles. The highest BCUT2D eigenvalue weighted by molar-refractivity contribution is 7.91. The number of nitrogens with two attached hydrogens (primary N) is 1. The number of nitrogens with one attached hydrogen (secondary N) is 1. The van der Waals surface area contributed by atoms with Crippen molar-refractivity contribution >= 4 is 25.5 Å². The van der Waals surface area contributed by atoms with E-state index in [0.29, 0.717) is 0 Å². The summed E-state index contributed by atoms with van der Waals surface area (Å²) in [5.41, 5.74) is 5.64. The number of rotatable bonds is 4. The van der Waals surface area contributed by atoms with E-state index in [2.05, 4.69) is 4.72 Å². The highest BCUT2D eigenvalue weighted by atomic mass is 32.2. The zero-order chi connectivity index (χ0) is 13.6. The zero-order valence-corrected chi connectivity index (χ0v) is 11.4. The lowest BCUT2D eigenvalue weighted by molar-refractivity contribution is 0.581. The molecule has 1 saturated carbocycles. The van der Waals surface area contributed by atoms with E-state index >= 15 is 0 Å². The molecule has 18 heavy (non-hydrogen) atoms. The maximum absolute atomic E-state index is 12.0. The fourth-order valence-electron chi connectivity index (χ4n) is 1.46. The molecule has 1 aromatic carbocycles. The maximum Gasteiger partial charge on any atom is 0.242 e. The smallest absolute Gasteiger partial charge is 0.242 e. The minimum absolute atomic E-state index is 0.0375. The van der Waals surface area contributed by atoms with Crippen LogP contribution in [0.2, 0.25) is 0 Å². The summed E-state index contributed by atoms with van der Waals surface area (Å²) < 4.78 is 49.3. The molecule has 2 rings (SSSR count). The van der Waals surface area contributed by atoms with Gasteiger partial charge in [0.15, 0.2) is 9.84 Å². The van der Waals surface area contributed by atoms with Gasteiger partial charge in [0.1, 0.15) is 4.90 Å². The van der Waals surface area contributed by atoms with E-state index in [4.69, 9.17) is 5.73 Å². The average molecular weight is 290 g/mol. The summed E-state index contributed by atoms with van der Waals surface area (Å²) in [7, 11) is -7.21. The van der Waals surface area contributed by atoms with Crippen molar-refractivity contribution in [2.45, 2.75) is 28.7 Å². The topological polar surface area (TPSA) is 106 Å². The Balaban J connectivity index is 2.49. The van der Waals surface area contributed by atoms with Crippen molar-refractivity contribution < 1.29 is 16.8 Å². The van der Waals surface area contributed by atoms with Crippen LogP contribution in [0, 0.1) is 0 Å². The second-order valence-corrected chi connectivity index (χ2v) is 8.07. The first-order valence-corrected chi connectivity index (χ1v) is 8.69. The third-order valence-corrected chi connectivity index (χ3v) is 5.29. The predicted molar refractivity (Wildman–Crippen MR) is 67.3 cm³/mol. The van der Waals surface area contributed by atoms with Crippen molar-refractivity contribution in [3.05, 3.63) is 18.2 Å². The highest BCUT2D eigenvalue weighted by Crippen LogP contribution is 2.26. The van der Waals surface area contributed by atoms with Crippen molar-refractivity contribution in [2.24, 2.45) is 0 Å². The van der Waals surface area contributed by atoms with Gasteiger partial charge in [-0.05, 0) is 31.0 Å². The minimum Gasteiger partial charge on any atom is -0.398 e. The van der Waals surface area contributed by atoms with Gasteiger partial charge in [0.2, 0.25) is 10.0 Å². The molecule has 0 heterocycles. The predicted octanol–water partition coefficient (Wildman–Crippen LogP) is 0.113. The molecule has 0 radical (unpaired) electrons. The normalized spacial score (nSPS) is 16.7. The van der Waals surface area contributed by atoms with Crippen molar-refractivity contribution in [3.63, 3.8) is 0 Å². The van der Waals surface area contributed by atoms with E-state index in [1.165, 1.54) is 12.1 Å². The molecule has 8 heteroatoms. The van der Waals surface area contributed by atoms with Gasteiger partial charge in [0.25, 0.3) is 0 Å². The molecule has 1 fully saturated rings. The number of hydrogen-bond acceptors (Lipinski definition) is 5. The van der Waals surface area contributed by atoms with E-state index in [9.17, 15) is 16.8 Å². The largest absolute Gasteiger partial charge is 0.398 e. The van der Waals surface area contributed by atoms with Crippen LogP contribution >= 0.6 is 0 Å². The first kappa shape index (κ1) is 13.3. The van der Waals surface area contributed by atoms with Crippen LogP contribution in [0.25, 0.3) is 0 Å². The first-order valence-electron chi connectivity index (χ1n) is 5.32. The van der Waals surface area contributed by atoms with Gasteiger partial charge >= 0.3 is 0 Å². The molecule has 0 bridgehead atoms. The van der Waals surface area contributed by atoms with Gasteiger partial charge in [-0.1, -0.05) is 0 Å². The monoisotopic (exact) mass is 290 g/mol. The molecule has 0 unspecified atom stereocenters. The van der Waals surface area contributed by atoms with Crippen LogP contribution < -0.4 is 10.5 Å². The third kappa shape index (κ3) is 2.82. The number of sulfone groups is 1. The molecule has 3 N–H and O–H groups in total. The summed E-state index contributed by atoms with van der Waals surface area (Å²) in [4.78, 5) is -0.245. The van der Waals surface area contributed by atoms with Gasteiger partial charge < -0.3 is 5.73 Å². The maximum atomic E-state index is 12.0. The summed E-state index contributed by atoms with van der Waals surface area (Å²) in [6, 6.07) is 3.62. The second kappa shape index (κ2) is 4.22. The van der Waals surface area contributed by atoms with Crippen LogP contribution in [-0.2, 0) is 19.9 Å². The van der Waals surface area contributed by atoms with Gasteiger partial charge in [-0.2, -0.15) is 0 Å². The van der Waals surface area contributed by atoms with E-state index in [-0.39, 0.29) is 21.5 Å². The lowest BCUT2D eigenvalue weighted by Crippen LogP contribution is -2.26. The van der Waals surface area contributed by atoms with Gasteiger partial charge in [0, 0.05) is 12.3 Å². The summed E-state index contributed by atoms with van der Waals surface area (Å²) in [5, 5.41) is 0. The zero-order valence-electron chi connectivity index (χ0n) is 9.75. The van der Waals surface area contributed by atoms with Gasteiger partial charge in [-0.3, -0.25) is 0 Å². The quantitative estimate of drug-likeness (QED) is 0.766. The molecule has 1 aromatic rings. The Labute approximate surface area is 106 Å². The van der Waals surface area contributed by atoms with E-state index in [0.717, 1.165) is 25.2 Å². The van der Waals surface area contributed by atoms with Gasteiger partial charge in [-0.15, -0.1) is 0 Å². The highest BCUT2D eigenvalue weighted by Gasteiger charge is 2.29. The Hall–Kier alpha value is -1.12. The molecular formula is C10H14N2O4S2. The van der Waals surface area contributed by atoms with Crippen LogP contribution in [0.5, 0.6) is 0 Å². The first-order chi connectivity index (χ1) is 8.20. The lowest BCUT2D eigenvalue weighted by atomic mass is 10.3. The summed E-state index contributed by atoms with van der Waals surface area (Å²) in [5.74, 6) is 0. The minimum atomic E-state index is -3.75. The van der Waals surface area contributed by atoms with E-state index < -0.39 is 19.9 Å². The number of hydrogen-bond donors (Lipinski definition) is 2. The molecule has 1 aliphatic carbocycles. The summed E-state index contributed by atoms with van der Waals surface area (Å²) in [6.45, 7) is 0. The van der Waals surface area contributed by atoms with Crippen molar-refractivity contribution in [1.82, 2.24) is 4.72 Å². The Kier molecular flexibility index (Phi) is 3.12. The van der Waals surface area contributed by atoms with Crippen LogP contribution in [0.4, 0.5) is 5.69 Å². The summed E-state index contributed by atoms with van der Waals surface area (Å²) >= 11 is 0. The molecule has 6 nitrogen and oxygen atoms in total. The Morgan fingerprint density at radius 2 is 1.83 bits per heavy atom. The molecular weight excluding hydrogens is 276 g/mol. The van der Waals surface area contributed by atoms with Crippen LogP contribution in [0.3, 0.4) is 0 Å². The summed E-state index contributed by atoms with van der Waals surface area (Å²) in [6.07, 6.45) is 2.61. The lowest BCUT2D eigenvalue weighted by Gasteiger charge is -2.09. The molecule has 0 aliphatic heterocycles. The average Bonchev–Trinajstić information content (AvgIpc) is 2.99. The van der Waals surface area contributed by atoms with Gasteiger partial charge in [-0.25, -0.2) is 21.6 Å².